The second kappa shape index (κ2) is 5.32. The standard InChI is InChI=1S/C15H16N4O2/c1-7-13(16)14(19-15(17)18-7)12-5-10(8(2)20)4-11(6-12)9(3)21/h4-6H,16H2,1-3H3,(H2,17,18,19). The van der Waals surface area contributed by atoms with Crippen LogP contribution < -0.4 is 11.5 Å². The number of hydrogen-bond acceptors (Lipinski definition) is 6. The van der Waals surface area contributed by atoms with Gasteiger partial charge >= 0.3 is 0 Å². The van der Waals surface area contributed by atoms with Crippen LogP contribution in [0.25, 0.3) is 11.3 Å². The third-order valence-corrected chi connectivity index (χ3v) is 3.17. The van der Waals surface area contributed by atoms with E-state index in [1.165, 1.54) is 13.8 Å². The van der Waals surface area contributed by atoms with Crippen molar-refractivity contribution in [2.45, 2.75) is 20.8 Å². The Labute approximate surface area is 122 Å². The van der Waals surface area contributed by atoms with Crippen molar-refractivity contribution in [1.29, 1.82) is 0 Å². The van der Waals surface area contributed by atoms with Crippen molar-refractivity contribution < 1.29 is 9.59 Å². The Morgan fingerprint density at radius 1 is 0.952 bits per heavy atom. The molecule has 0 aliphatic carbocycles. The van der Waals surface area contributed by atoms with Crippen LogP contribution >= 0.6 is 0 Å². The lowest BCUT2D eigenvalue weighted by molar-refractivity contribution is 0.101. The molecule has 4 N–H and O–H groups in total. The zero-order chi connectivity index (χ0) is 15.7. The van der Waals surface area contributed by atoms with Gasteiger partial charge in [0.15, 0.2) is 11.6 Å². The molecule has 0 radical (unpaired) electrons. The summed E-state index contributed by atoms with van der Waals surface area (Å²) in [6.45, 7) is 4.59. The van der Waals surface area contributed by atoms with Gasteiger partial charge in [-0.05, 0) is 39.0 Å². The zero-order valence-corrected chi connectivity index (χ0v) is 12.1. The number of Topliss-reactive ketones (excluding diaryl/α,β-unsaturated/α-hetero) is 2. The molecular weight excluding hydrogens is 268 g/mol. The van der Waals surface area contributed by atoms with Crippen molar-refractivity contribution >= 4 is 23.2 Å². The summed E-state index contributed by atoms with van der Waals surface area (Å²) >= 11 is 0. The minimum atomic E-state index is -0.142. The molecule has 2 rings (SSSR count). The highest BCUT2D eigenvalue weighted by atomic mass is 16.1. The minimum Gasteiger partial charge on any atom is -0.395 e. The molecule has 0 fully saturated rings. The van der Waals surface area contributed by atoms with E-state index in [9.17, 15) is 9.59 Å². The fourth-order valence-electron chi connectivity index (χ4n) is 1.99. The van der Waals surface area contributed by atoms with Gasteiger partial charge in [-0.25, -0.2) is 9.97 Å². The van der Waals surface area contributed by atoms with Crippen molar-refractivity contribution in [2.75, 3.05) is 11.5 Å². The molecule has 6 heteroatoms. The molecule has 0 saturated heterocycles. The topological polar surface area (TPSA) is 112 Å². The largest absolute Gasteiger partial charge is 0.395 e. The van der Waals surface area contributed by atoms with E-state index >= 15 is 0 Å². The predicted molar refractivity (Wildman–Crippen MR) is 81.0 cm³/mol. The number of aromatic nitrogens is 2. The quantitative estimate of drug-likeness (QED) is 0.834. The summed E-state index contributed by atoms with van der Waals surface area (Å²) in [7, 11) is 0. The van der Waals surface area contributed by atoms with Crippen LogP contribution in [0.3, 0.4) is 0 Å². The lowest BCUT2D eigenvalue weighted by Crippen LogP contribution is -2.06. The maximum Gasteiger partial charge on any atom is 0.220 e. The average Bonchev–Trinajstić information content (AvgIpc) is 2.42. The molecule has 0 aliphatic rings. The minimum absolute atomic E-state index is 0.0919. The molecule has 1 aromatic carbocycles. The molecule has 0 bridgehead atoms. The van der Waals surface area contributed by atoms with Crippen LogP contribution in [0.1, 0.15) is 40.3 Å². The average molecular weight is 284 g/mol. The monoisotopic (exact) mass is 284 g/mol. The Morgan fingerprint density at radius 3 is 1.95 bits per heavy atom. The highest BCUT2D eigenvalue weighted by molar-refractivity contribution is 6.01. The summed E-state index contributed by atoms with van der Waals surface area (Å²) in [6.07, 6.45) is 0. The summed E-state index contributed by atoms with van der Waals surface area (Å²) in [5, 5.41) is 0. The zero-order valence-electron chi connectivity index (χ0n) is 12.1. The van der Waals surface area contributed by atoms with Crippen LogP contribution in [0.4, 0.5) is 11.6 Å². The van der Waals surface area contributed by atoms with Gasteiger partial charge in [0.1, 0.15) is 0 Å². The molecule has 2 aromatic rings. The fourth-order valence-corrected chi connectivity index (χ4v) is 1.99. The van der Waals surface area contributed by atoms with Crippen LogP contribution in [0.15, 0.2) is 18.2 Å². The van der Waals surface area contributed by atoms with Crippen LogP contribution in [0.2, 0.25) is 0 Å². The van der Waals surface area contributed by atoms with E-state index in [0.717, 1.165) is 0 Å². The second-order valence-electron chi connectivity index (χ2n) is 4.84. The molecule has 0 unspecified atom stereocenters. The van der Waals surface area contributed by atoms with Crippen LogP contribution in [0.5, 0.6) is 0 Å². The Kier molecular flexibility index (Phi) is 3.71. The molecule has 1 aromatic heterocycles. The maximum atomic E-state index is 11.6. The predicted octanol–water partition coefficient (Wildman–Crippen LogP) is 2.02. The molecule has 0 amide bonds. The molecule has 0 spiro atoms. The van der Waals surface area contributed by atoms with E-state index in [-0.39, 0.29) is 17.5 Å². The van der Waals surface area contributed by atoms with E-state index in [1.54, 1.807) is 25.1 Å². The number of carbonyl (C=O) groups excluding carboxylic acids is 2. The van der Waals surface area contributed by atoms with Gasteiger partial charge in [-0.15, -0.1) is 0 Å². The third-order valence-electron chi connectivity index (χ3n) is 3.17. The highest BCUT2D eigenvalue weighted by Crippen LogP contribution is 2.28. The first-order chi connectivity index (χ1) is 9.79. The van der Waals surface area contributed by atoms with Crippen molar-refractivity contribution in [2.24, 2.45) is 0 Å². The van der Waals surface area contributed by atoms with Crippen LogP contribution in [-0.2, 0) is 0 Å². The smallest absolute Gasteiger partial charge is 0.220 e. The third kappa shape index (κ3) is 2.89. The van der Waals surface area contributed by atoms with Gasteiger partial charge in [0.2, 0.25) is 5.95 Å². The molecule has 21 heavy (non-hydrogen) atoms. The van der Waals surface area contributed by atoms with E-state index in [0.29, 0.717) is 33.8 Å². The maximum absolute atomic E-state index is 11.6. The number of aryl methyl sites for hydroxylation is 1. The Balaban J connectivity index is 2.74. The van der Waals surface area contributed by atoms with Gasteiger partial charge in [0.05, 0.1) is 17.1 Å². The van der Waals surface area contributed by atoms with Gasteiger partial charge < -0.3 is 11.5 Å². The first-order valence-electron chi connectivity index (χ1n) is 6.36. The van der Waals surface area contributed by atoms with Crippen molar-refractivity contribution in [3.05, 3.63) is 35.0 Å². The number of carbonyl (C=O) groups is 2. The SMILES string of the molecule is CC(=O)c1cc(C(C)=O)cc(-c2nc(N)nc(C)c2N)c1. The molecular formula is C15H16N4O2. The number of rotatable bonds is 3. The Morgan fingerprint density at radius 2 is 1.48 bits per heavy atom. The number of nitrogen functional groups attached to an aromatic ring is 2. The summed E-state index contributed by atoms with van der Waals surface area (Å²) in [5.41, 5.74) is 14.4. The number of nitrogens with two attached hydrogens (primary N) is 2. The molecule has 6 nitrogen and oxygen atoms in total. The van der Waals surface area contributed by atoms with Gasteiger partial charge in [0, 0.05) is 16.7 Å². The number of hydrogen-bond donors (Lipinski definition) is 2. The van der Waals surface area contributed by atoms with Crippen molar-refractivity contribution in [3.8, 4) is 11.3 Å². The van der Waals surface area contributed by atoms with Crippen molar-refractivity contribution in [3.63, 3.8) is 0 Å². The summed E-state index contributed by atoms with van der Waals surface area (Å²) in [4.78, 5) is 31.4. The van der Waals surface area contributed by atoms with Gasteiger partial charge in [-0.2, -0.15) is 0 Å². The number of nitrogens with zero attached hydrogens (tertiary/aromatic N) is 2. The van der Waals surface area contributed by atoms with E-state index in [4.69, 9.17) is 11.5 Å². The van der Waals surface area contributed by atoms with Crippen LogP contribution in [0, 0.1) is 6.92 Å². The lowest BCUT2D eigenvalue weighted by atomic mass is 9.98. The Bertz CT molecular complexity index is 721. The van der Waals surface area contributed by atoms with E-state index < -0.39 is 0 Å². The molecule has 1 heterocycles. The normalized spacial score (nSPS) is 10.4. The van der Waals surface area contributed by atoms with Crippen molar-refractivity contribution in [1.82, 2.24) is 9.97 Å². The van der Waals surface area contributed by atoms with Gasteiger partial charge in [-0.3, -0.25) is 9.59 Å². The highest BCUT2D eigenvalue weighted by Gasteiger charge is 2.14. The number of benzene rings is 1. The summed E-state index contributed by atoms with van der Waals surface area (Å²) in [5.74, 6) is -0.192. The van der Waals surface area contributed by atoms with Gasteiger partial charge in [0.25, 0.3) is 0 Å². The molecule has 108 valence electrons. The number of ketones is 2. The van der Waals surface area contributed by atoms with E-state index in [2.05, 4.69) is 9.97 Å². The first kappa shape index (κ1) is 14.6. The summed E-state index contributed by atoms with van der Waals surface area (Å²) < 4.78 is 0. The summed E-state index contributed by atoms with van der Waals surface area (Å²) in [6, 6.07) is 4.85. The van der Waals surface area contributed by atoms with Crippen LogP contribution in [-0.4, -0.2) is 21.5 Å². The Hall–Kier alpha value is -2.76. The second-order valence-corrected chi connectivity index (χ2v) is 4.84. The molecule has 0 atom stereocenters. The van der Waals surface area contributed by atoms with Gasteiger partial charge in [-0.1, -0.05) is 0 Å². The lowest BCUT2D eigenvalue weighted by Gasteiger charge is -2.10. The molecule has 0 saturated carbocycles. The van der Waals surface area contributed by atoms with E-state index in [1.807, 2.05) is 0 Å². The first-order valence-corrected chi connectivity index (χ1v) is 6.36. The number of anilines is 2. The molecule has 0 aliphatic heterocycles. The fraction of sp³-hybridized carbons (Fsp3) is 0.200.